The van der Waals surface area contributed by atoms with Gasteiger partial charge in [0.2, 0.25) is 11.7 Å². The van der Waals surface area contributed by atoms with E-state index in [2.05, 4.69) is 5.32 Å². The van der Waals surface area contributed by atoms with E-state index in [9.17, 15) is 39.6 Å². The summed E-state index contributed by atoms with van der Waals surface area (Å²) >= 11 is 0. The smallest absolute Gasteiger partial charge is 0.373 e. The quantitative estimate of drug-likeness (QED) is 0.0831. The number of ketones is 1. The van der Waals surface area contributed by atoms with E-state index in [1.807, 2.05) is 52.0 Å². The minimum atomic E-state index is -2.10. The first-order valence-corrected chi connectivity index (χ1v) is 21.0. The summed E-state index contributed by atoms with van der Waals surface area (Å²) in [5, 5.41) is 47.6. The molecule has 12 unspecified atom stereocenters. The molecule has 1 saturated heterocycles. The topological polar surface area (TPSA) is 207 Å². The van der Waals surface area contributed by atoms with Crippen LogP contribution in [0, 0.1) is 29.6 Å². The zero-order valence-electron chi connectivity index (χ0n) is 37.2. The zero-order valence-corrected chi connectivity index (χ0v) is 37.2. The van der Waals surface area contributed by atoms with E-state index in [1.54, 1.807) is 52.0 Å². The minimum absolute atomic E-state index is 0.0657. The molecule has 0 aromatic rings. The molecule has 3 aliphatic rings. The lowest BCUT2D eigenvalue weighted by molar-refractivity contribution is -0.314. The Morgan fingerprint density at radius 3 is 2.41 bits per heavy atom. The number of hydrogen-bond donors (Lipinski definition) is 5. The first kappa shape index (κ1) is 50.8. The third-order valence-corrected chi connectivity index (χ3v) is 11.6. The molecule has 14 nitrogen and oxygen atoms in total. The van der Waals surface area contributed by atoms with E-state index in [-0.39, 0.29) is 48.3 Å². The maximum atomic E-state index is 13.8. The predicted molar refractivity (Wildman–Crippen MR) is 229 cm³/mol. The number of Topliss-reactive ketones (excluding diaryl/α,β-unsaturated/α-hetero) is 1. The molecule has 61 heavy (non-hydrogen) atoms. The van der Waals surface area contributed by atoms with E-state index in [4.69, 9.17) is 23.7 Å². The number of hydrogen-bond acceptors (Lipinski definition) is 13. The molecule has 0 aromatic carbocycles. The van der Waals surface area contributed by atoms with Gasteiger partial charge in [-0.1, -0.05) is 101 Å². The van der Waals surface area contributed by atoms with E-state index < -0.39 is 83.8 Å². The molecule has 1 fully saturated rings. The second kappa shape index (κ2) is 23.6. The highest BCUT2D eigenvalue weighted by Gasteiger charge is 2.52. The van der Waals surface area contributed by atoms with Crippen LogP contribution >= 0.6 is 0 Å². The van der Waals surface area contributed by atoms with Crippen LogP contribution in [0.5, 0.6) is 0 Å². The van der Waals surface area contributed by atoms with E-state index in [0.29, 0.717) is 12.0 Å². The van der Waals surface area contributed by atoms with Crippen molar-refractivity contribution in [2.75, 3.05) is 14.2 Å². The summed E-state index contributed by atoms with van der Waals surface area (Å²) in [4.78, 5) is 51.4. The number of aliphatic hydroxyl groups excluding tert-OH is 3. The Kier molecular flexibility index (Phi) is 19.6. The SMILES string of the molecule is CC/C=C/C=C/C1OC(O)(C(C)C(O)C(C)C2OC(=O)/C(OC)=C/C(C)=C/C(C)C(O)C(C)C/C(C)=C/C=C/C2OC)CC(OC(=O)/C=C/C(=O)NC2=C(O)CCC2=O)C1C. The molecule has 0 saturated carbocycles. The van der Waals surface area contributed by atoms with Crippen molar-refractivity contribution in [2.24, 2.45) is 29.6 Å². The van der Waals surface area contributed by atoms with Crippen LogP contribution in [0.25, 0.3) is 0 Å². The van der Waals surface area contributed by atoms with Crippen LogP contribution in [0.15, 0.2) is 95.2 Å². The number of aliphatic hydroxyl groups is 4. The number of ether oxygens (including phenoxy) is 5. The average Bonchev–Trinajstić information content (AvgIpc) is 3.53. The van der Waals surface area contributed by atoms with Crippen molar-refractivity contribution in [1.29, 1.82) is 0 Å². The van der Waals surface area contributed by atoms with Crippen molar-refractivity contribution in [3.05, 3.63) is 95.2 Å². The zero-order chi connectivity index (χ0) is 45.6. The van der Waals surface area contributed by atoms with Crippen LogP contribution in [-0.2, 0) is 42.9 Å². The maximum Gasteiger partial charge on any atom is 0.373 e. The van der Waals surface area contributed by atoms with Gasteiger partial charge in [0.1, 0.15) is 29.8 Å². The number of nitrogens with one attached hydrogen (secondary N) is 1. The molecule has 338 valence electrons. The number of esters is 2. The Morgan fingerprint density at radius 2 is 1.79 bits per heavy atom. The van der Waals surface area contributed by atoms with Gasteiger partial charge in [0.15, 0.2) is 11.6 Å². The lowest BCUT2D eigenvalue weighted by Crippen LogP contribution is -2.58. The van der Waals surface area contributed by atoms with Gasteiger partial charge in [-0.25, -0.2) is 9.59 Å². The molecular weight excluding hydrogens is 787 g/mol. The Balaban J connectivity index is 1.97. The lowest BCUT2D eigenvalue weighted by atomic mass is 9.77. The standard InChI is InChI=1S/C47H67NO13/c1-11-12-13-14-17-36-31(6)39(59-41(52)22-21-40(51)48-42-34(49)19-20-35(42)50)26-47(56,61-36)33(8)44(54)32(7)45-37(57-9)18-15-16-27(2)23-29(4)43(53)30(5)24-28(3)25-38(58-10)46(55)60-45/h12-18,21-22,24-25,29-33,36-37,39,43-45,49,53-54,56H,11,19-20,23,26H2,1-10H3,(H,48,51)/b13-12+,17-14+,18-15+,22-21+,27-16+,28-24+,38-25-. The van der Waals surface area contributed by atoms with Gasteiger partial charge >= 0.3 is 11.9 Å². The molecule has 14 heteroatoms. The third-order valence-electron chi connectivity index (χ3n) is 11.6. The third kappa shape index (κ3) is 14.2. The summed E-state index contributed by atoms with van der Waals surface area (Å²) in [5.74, 6) is -8.20. The van der Waals surface area contributed by atoms with Crippen LogP contribution < -0.4 is 5.32 Å². The lowest BCUT2D eigenvalue weighted by Gasteiger charge is -2.48. The molecule has 0 radical (unpaired) electrons. The van der Waals surface area contributed by atoms with Crippen molar-refractivity contribution in [2.45, 2.75) is 130 Å². The predicted octanol–water partition coefficient (Wildman–Crippen LogP) is 5.91. The highest BCUT2D eigenvalue weighted by atomic mass is 16.6. The monoisotopic (exact) mass is 853 g/mol. The Morgan fingerprint density at radius 1 is 1.08 bits per heavy atom. The van der Waals surface area contributed by atoms with Crippen molar-refractivity contribution in [1.82, 2.24) is 5.32 Å². The fraction of sp³-hybridized carbons (Fsp3) is 0.574. The van der Waals surface area contributed by atoms with Crippen LogP contribution in [0.3, 0.4) is 0 Å². The van der Waals surface area contributed by atoms with Gasteiger partial charge in [-0.3, -0.25) is 9.59 Å². The summed E-state index contributed by atoms with van der Waals surface area (Å²) in [6, 6.07) is 0. The van der Waals surface area contributed by atoms with Crippen molar-refractivity contribution >= 4 is 23.6 Å². The number of amides is 1. The van der Waals surface area contributed by atoms with Crippen molar-refractivity contribution in [3.8, 4) is 0 Å². The van der Waals surface area contributed by atoms with Crippen LogP contribution in [0.4, 0.5) is 0 Å². The second-order valence-electron chi connectivity index (χ2n) is 16.5. The van der Waals surface area contributed by atoms with E-state index in [1.165, 1.54) is 20.3 Å². The molecule has 0 bridgehead atoms. The van der Waals surface area contributed by atoms with Gasteiger partial charge in [-0.15, -0.1) is 0 Å². The summed E-state index contributed by atoms with van der Waals surface area (Å²) in [5.41, 5.74) is 1.46. The maximum absolute atomic E-state index is 13.8. The van der Waals surface area contributed by atoms with Gasteiger partial charge in [0.25, 0.3) is 0 Å². The number of carbonyl (C=O) groups is 4. The fourth-order valence-corrected chi connectivity index (χ4v) is 7.81. The molecule has 1 amide bonds. The van der Waals surface area contributed by atoms with Gasteiger partial charge in [0.05, 0.1) is 25.4 Å². The summed E-state index contributed by atoms with van der Waals surface area (Å²) < 4.78 is 29.5. The summed E-state index contributed by atoms with van der Waals surface area (Å²) in [7, 11) is 2.79. The summed E-state index contributed by atoms with van der Waals surface area (Å²) in [6.45, 7) is 14.6. The largest absolute Gasteiger partial charge is 0.510 e. The highest BCUT2D eigenvalue weighted by molar-refractivity contribution is 6.04. The van der Waals surface area contributed by atoms with Gasteiger partial charge in [-0.2, -0.15) is 0 Å². The molecule has 0 spiro atoms. The fourth-order valence-electron chi connectivity index (χ4n) is 7.81. The normalized spacial score (nSPS) is 34.5. The number of carbonyl (C=O) groups excluding carboxylic acids is 4. The van der Waals surface area contributed by atoms with Gasteiger partial charge in [0, 0.05) is 62.2 Å². The highest BCUT2D eigenvalue weighted by Crippen LogP contribution is 2.41. The molecule has 1 aliphatic carbocycles. The Labute approximate surface area is 360 Å². The van der Waals surface area contributed by atoms with Crippen molar-refractivity contribution < 1.29 is 63.3 Å². The van der Waals surface area contributed by atoms with Crippen LogP contribution in [-0.4, -0.2) is 101 Å². The van der Waals surface area contributed by atoms with Crippen LogP contribution in [0.2, 0.25) is 0 Å². The van der Waals surface area contributed by atoms with E-state index in [0.717, 1.165) is 24.1 Å². The minimum Gasteiger partial charge on any atom is -0.510 e. The van der Waals surface area contributed by atoms with E-state index >= 15 is 0 Å². The number of cyclic esters (lactones) is 1. The number of methoxy groups -OCH3 is 2. The van der Waals surface area contributed by atoms with Crippen molar-refractivity contribution in [3.63, 3.8) is 0 Å². The number of allylic oxidation sites excluding steroid dienone is 10. The first-order valence-electron chi connectivity index (χ1n) is 21.0. The first-order chi connectivity index (χ1) is 28.8. The molecule has 5 N–H and O–H groups in total. The Hall–Kier alpha value is -4.60. The Bertz CT molecular complexity index is 1800. The molecule has 0 aromatic heterocycles. The molecule has 2 heterocycles. The second-order valence-corrected chi connectivity index (χ2v) is 16.5. The average molecular weight is 854 g/mol. The molecule has 2 aliphatic heterocycles. The number of rotatable bonds is 13. The molecular formula is C47H67NO13. The molecule has 3 rings (SSSR count). The molecule has 12 atom stereocenters. The van der Waals surface area contributed by atoms with Crippen LogP contribution in [0.1, 0.15) is 87.5 Å². The summed E-state index contributed by atoms with van der Waals surface area (Å²) in [6.07, 6.45) is 13.2. The van der Waals surface area contributed by atoms with Gasteiger partial charge < -0.3 is 49.4 Å². The van der Waals surface area contributed by atoms with Gasteiger partial charge in [-0.05, 0) is 38.7 Å².